The van der Waals surface area contributed by atoms with E-state index in [1.165, 1.54) is 4.90 Å². The maximum absolute atomic E-state index is 12.7. The number of thioether (sulfide) groups is 1. The molecular weight excluding hydrogens is 384 g/mol. The summed E-state index contributed by atoms with van der Waals surface area (Å²) in [5, 5.41) is 8.95. The van der Waals surface area contributed by atoms with Crippen molar-refractivity contribution >= 4 is 29.0 Å². The highest BCUT2D eigenvalue weighted by Gasteiger charge is 2.35. The molecule has 2 aromatic carbocycles. The van der Waals surface area contributed by atoms with Crippen LogP contribution in [0.1, 0.15) is 22.5 Å². The molecule has 0 aliphatic carbocycles. The van der Waals surface area contributed by atoms with Crippen molar-refractivity contribution in [1.29, 1.82) is 5.26 Å². The fourth-order valence-corrected chi connectivity index (χ4v) is 3.83. The average Bonchev–Trinajstić information content (AvgIpc) is 3.30. The summed E-state index contributed by atoms with van der Waals surface area (Å²) in [4.78, 5) is 26.6. The Hall–Kier alpha value is -3.56. The summed E-state index contributed by atoms with van der Waals surface area (Å²) in [6.07, 6.45) is 1.57. The normalized spacial score (nSPS) is 15.2. The number of benzene rings is 2. The lowest BCUT2D eigenvalue weighted by atomic mass is 10.1. The molecule has 4 rings (SSSR count). The second kappa shape index (κ2) is 7.82. The van der Waals surface area contributed by atoms with Crippen LogP contribution in [0, 0.1) is 18.3 Å². The summed E-state index contributed by atoms with van der Waals surface area (Å²) in [6, 6.07) is 20.5. The van der Waals surface area contributed by atoms with Gasteiger partial charge in [0.25, 0.3) is 11.1 Å². The first kappa shape index (κ1) is 18.8. The molecule has 0 unspecified atom stereocenters. The second-order valence-corrected chi connectivity index (χ2v) is 7.61. The van der Waals surface area contributed by atoms with Gasteiger partial charge in [0.05, 0.1) is 23.1 Å². The lowest BCUT2D eigenvalue weighted by Gasteiger charge is -2.12. The molecule has 0 spiro atoms. The third-order valence-electron chi connectivity index (χ3n) is 4.55. The van der Waals surface area contributed by atoms with Crippen molar-refractivity contribution in [2.75, 3.05) is 0 Å². The first-order chi connectivity index (χ1) is 14.0. The van der Waals surface area contributed by atoms with E-state index >= 15 is 0 Å². The molecule has 0 radical (unpaired) electrons. The Kier molecular flexibility index (Phi) is 5.07. The second-order valence-electron chi connectivity index (χ2n) is 6.61. The van der Waals surface area contributed by atoms with Gasteiger partial charge in [-0.3, -0.25) is 14.5 Å². The summed E-state index contributed by atoms with van der Waals surface area (Å²) >= 11 is 0.898. The monoisotopic (exact) mass is 400 g/mol. The Balaban J connectivity index is 1.56. The van der Waals surface area contributed by atoms with Crippen LogP contribution in [0.2, 0.25) is 0 Å². The molecule has 0 bridgehead atoms. The molecule has 29 heavy (non-hydrogen) atoms. The molecule has 0 N–H and O–H groups in total. The molecule has 1 saturated heterocycles. The number of carbonyl (C=O) groups excluding carboxylic acids is 2. The van der Waals surface area contributed by atoms with Gasteiger partial charge in [-0.2, -0.15) is 5.26 Å². The average molecular weight is 400 g/mol. The van der Waals surface area contributed by atoms with E-state index < -0.39 is 0 Å². The van der Waals surface area contributed by atoms with Gasteiger partial charge in [0.1, 0.15) is 11.5 Å². The van der Waals surface area contributed by atoms with Crippen molar-refractivity contribution in [1.82, 2.24) is 4.90 Å². The zero-order chi connectivity index (χ0) is 20.4. The van der Waals surface area contributed by atoms with Gasteiger partial charge in [0, 0.05) is 11.6 Å². The lowest BCUT2D eigenvalue weighted by Crippen LogP contribution is -2.27. The molecule has 1 aliphatic heterocycles. The number of rotatable bonds is 4. The van der Waals surface area contributed by atoms with Crippen LogP contribution in [0.15, 0.2) is 70.0 Å². The molecule has 142 valence electrons. The predicted octanol–water partition coefficient (Wildman–Crippen LogP) is 5.36. The maximum Gasteiger partial charge on any atom is 0.293 e. The third kappa shape index (κ3) is 3.86. The standard InChI is InChI=1S/C23H16N2O3S/c1-15-6-8-16(9-7-15)14-25-22(26)21(29-23(25)27)12-18-10-11-20(28-18)19-5-3-2-4-17(19)13-24/h2-12H,14H2,1H3/b21-12+. The highest BCUT2D eigenvalue weighted by atomic mass is 32.2. The van der Waals surface area contributed by atoms with Gasteiger partial charge in [0.15, 0.2) is 0 Å². The molecule has 5 nitrogen and oxygen atoms in total. The number of aryl methyl sites for hydroxylation is 1. The van der Waals surface area contributed by atoms with Crippen LogP contribution >= 0.6 is 11.8 Å². The number of nitriles is 1. The summed E-state index contributed by atoms with van der Waals surface area (Å²) in [7, 11) is 0. The predicted molar refractivity (Wildman–Crippen MR) is 112 cm³/mol. The number of carbonyl (C=O) groups is 2. The smallest absolute Gasteiger partial charge is 0.293 e. The number of amides is 2. The molecule has 1 fully saturated rings. The van der Waals surface area contributed by atoms with Crippen molar-refractivity contribution < 1.29 is 14.0 Å². The SMILES string of the molecule is Cc1ccc(CN2C(=O)S/C(=C/c3ccc(-c4ccccc4C#N)o3)C2=O)cc1. The molecule has 1 aliphatic rings. The van der Waals surface area contributed by atoms with Crippen LogP contribution in [0.4, 0.5) is 4.79 Å². The number of furan rings is 1. The Morgan fingerprint density at radius 3 is 2.59 bits per heavy atom. The van der Waals surface area contributed by atoms with Gasteiger partial charge in [-0.25, -0.2) is 0 Å². The molecule has 0 atom stereocenters. The molecular formula is C23H16N2O3S. The minimum atomic E-state index is -0.337. The third-order valence-corrected chi connectivity index (χ3v) is 5.46. The highest BCUT2D eigenvalue weighted by molar-refractivity contribution is 8.18. The van der Waals surface area contributed by atoms with E-state index in [-0.39, 0.29) is 17.7 Å². The topological polar surface area (TPSA) is 74.3 Å². The van der Waals surface area contributed by atoms with Crippen molar-refractivity contribution in [3.8, 4) is 17.4 Å². The Morgan fingerprint density at radius 1 is 1.07 bits per heavy atom. The number of hydrogen-bond donors (Lipinski definition) is 0. The summed E-state index contributed by atoms with van der Waals surface area (Å²) in [6.45, 7) is 2.22. The summed E-state index contributed by atoms with van der Waals surface area (Å²) in [5.74, 6) is 0.650. The van der Waals surface area contributed by atoms with E-state index in [4.69, 9.17) is 4.42 Å². The molecule has 2 amide bonds. The maximum atomic E-state index is 12.7. The van der Waals surface area contributed by atoms with Crippen LogP contribution in [-0.2, 0) is 11.3 Å². The fourth-order valence-electron chi connectivity index (χ4n) is 3.01. The molecule has 0 saturated carbocycles. The van der Waals surface area contributed by atoms with E-state index in [0.717, 1.165) is 22.9 Å². The van der Waals surface area contributed by atoms with Crippen molar-refractivity contribution in [3.05, 3.63) is 88.0 Å². The van der Waals surface area contributed by atoms with Gasteiger partial charge >= 0.3 is 0 Å². The fraction of sp³-hybridized carbons (Fsp3) is 0.0870. The van der Waals surface area contributed by atoms with Crippen LogP contribution in [0.25, 0.3) is 17.4 Å². The minimum absolute atomic E-state index is 0.237. The van der Waals surface area contributed by atoms with Crippen LogP contribution in [-0.4, -0.2) is 16.0 Å². The van der Waals surface area contributed by atoms with E-state index in [2.05, 4.69) is 6.07 Å². The van der Waals surface area contributed by atoms with E-state index in [9.17, 15) is 14.9 Å². The minimum Gasteiger partial charge on any atom is -0.457 e. The van der Waals surface area contributed by atoms with Gasteiger partial charge < -0.3 is 4.42 Å². The Bertz CT molecular complexity index is 1170. The van der Waals surface area contributed by atoms with Gasteiger partial charge in [0.2, 0.25) is 0 Å². The van der Waals surface area contributed by atoms with Crippen molar-refractivity contribution in [3.63, 3.8) is 0 Å². The van der Waals surface area contributed by atoms with Gasteiger partial charge in [-0.1, -0.05) is 42.0 Å². The van der Waals surface area contributed by atoms with Crippen LogP contribution < -0.4 is 0 Å². The molecule has 2 heterocycles. The van der Waals surface area contributed by atoms with E-state index in [1.807, 2.05) is 37.3 Å². The highest BCUT2D eigenvalue weighted by Crippen LogP contribution is 2.34. The molecule has 1 aromatic heterocycles. The van der Waals surface area contributed by atoms with E-state index in [1.54, 1.807) is 36.4 Å². The van der Waals surface area contributed by atoms with Crippen molar-refractivity contribution in [2.24, 2.45) is 0 Å². The van der Waals surface area contributed by atoms with Crippen LogP contribution in [0.3, 0.4) is 0 Å². The lowest BCUT2D eigenvalue weighted by molar-refractivity contribution is -0.123. The molecule has 6 heteroatoms. The Labute approximate surface area is 172 Å². The number of hydrogen-bond acceptors (Lipinski definition) is 5. The quantitative estimate of drug-likeness (QED) is 0.551. The zero-order valence-corrected chi connectivity index (χ0v) is 16.4. The number of nitrogens with zero attached hydrogens (tertiary/aromatic N) is 2. The first-order valence-corrected chi connectivity index (χ1v) is 9.77. The Morgan fingerprint density at radius 2 is 1.83 bits per heavy atom. The largest absolute Gasteiger partial charge is 0.457 e. The molecule has 3 aromatic rings. The first-order valence-electron chi connectivity index (χ1n) is 8.95. The van der Waals surface area contributed by atoms with Gasteiger partial charge in [-0.05, 0) is 48.5 Å². The van der Waals surface area contributed by atoms with Crippen molar-refractivity contribution in [2.45, 2.75) is 13.5 Å². The van der Waals surface area contributed by atoms with Crippen LogP contribution in [0.5, 0.6) is 0 Å². The van der Waals surface area contributed by atoms with Gasteiger partial charge in [-0.15, -0.1) is 0 Å². The summed E-state index contributed by atoms with van der Waals surface area (Å²) < 4.78 is 5.80. The number of imide groups is 1. The summed E-state index contributed by atoms with van der Waals surface area (Å²) in [5.41, 5.74) is 3.20. The zero-order valence-electron chi connectivity index (χ0n) is 15.6. The van der Waals surface area contributed by atoms with E-state index in [0.29, 0.717) is 27.6 Å².